The Morgan fingerprint density at radius 2 is 1.82 bits per heavy atom. The fourth-order valence-corrected chi connectivity index (χ4v) is 2.70. The average molecular weight is 241 g/mol. The third kappa shape index (κ3) is 4.30. The maximum absolute atomic E-state index is 11.9. The molecule has 0 aromatic rings. The standard InChI is InChI=1S/C14H27NO2/c1-5-11(4)13(15)14(16)17-12-7-9(2)6-10(3)8-12/h9-13H,5-8,15H2,1-4H3/t9?,10?,11-,12?,13-/m0/s1. The molecule has 3 heteroatoms. The Morgan fingerprint density at radius 3 is 2.29 bits per heavy atom. The first-order valence-corrected chi connectivity index (χ1v) is 6.90. The highest BCUT2D eigenvalue weighted by Gasteiger charge is 2.29. The molecule has 0 saturated heterocycles. The van der Waals surface area contributed by atoms with Crippen LogP contribution in [0.5, 0.6) is 0 Å². The van der Waals surface area contributed by atoms with E-state index in [4.69, 9.17) is 10.5 Å². The molecule has 0 bridgehead atoms. The van der Waals surface area contributed by atoms with E-state index in [-0.39, 0.29) is 18.0 Å². The number of hydrogen-bond acceptors (Lipinski definition) is 3. The molecular weight excluding hydrogens is 214 g/mol. The van der Waals surface area contributed by atoms with E-state index in [9.17, 15) is 4.79 Å². The van der Waals surface area contributed by atoms with Gasteiger partial charge in [0, 0.05) is 0 Å². The smallest absolute Gasteiger partial charge is 0.323 e. The summed E-state index contributed by atoms with van der Waals surface area (Å²) < 4.78 is 5.55. The van der Waals surface area contributed by atoms with Gasteiger partial charge in [-0.1, -0.05) is 34.1 Å². The van der Waals surface area contributed by atoms with Gasteiger partial charge in [0.25, 0.3) is 0 Å². The van der Waals surface area contributed by atoms with Gasteiger partial charge in [-0.2, -0.15) is 0 Å². The van der Waals surface area contributed by atoms with Crippen molar-refractivity contribution < 1.29 is 9.53 Å². The van der Waals surface area contributed by atoms with E-state index < -0.39 is 6.04 Å². The molecular formula is C14H27NO2. The molecule has 1 fully saturated rings. The van der Waals surface area contributed by atoms with E-state index >= 15 is 0 Å². The monoisotopic (exact) mass is 241 g/mol. The van der Waals surface area contributed by atoms with Gasteiger partial charge in [0.15, 0.2) is 0 Å². The van der Waals surface area contributed by atoms with Crippen LogP contribution in [-0.4, -0.2) is 18.1 Å². The van der Waals surface area contributed by atoms with Crippen molar-refractivity contribution in [3.05, 3.63) is 0 Å². The first-order valence-electron chi connectivity index (χ1n) is 6.90. The van der Waals surface area contributed by atoms with Crippen LogP contribution < -0.4 is 5.73 Å². The predicted octanol–water partition coefficient (Wildman–Crippen LogP) is 2.73. The van der Waals surface area contributed by atoms with E-state index in [0.717, 1.165) is 19.3 Å². The lowest BCUT2D eigenvalue weighted by Gasteiger charge is -2.32. The number of rotatable bonds is 4. The van der Waals surface area contributed by atoms with E-state index in [1.807, 2.05) is 13.8 Å². The molecule has 0 aliphatic heterocycles. The Hall–Kier alpha value is -0.570. The van der Waals surface area contributed by atoms with Gasteiger partial charge in [-0.25, -0.2) is 0 Å². The molecule has 1 saturated carbocycles. The van der Waals surface area contributed by atoms with Crippen LogP contribution in [-0.2, 0) is 9.53 Å². The number of carbonyl (C=O) groups is 1. The van der Waals surface area contributed by atoms with Crippen LogP contribution in [0.1, 0.15) is 53.4 Å². The van der Waals surface area contributed by atoms with Crippen molar-refractivity contribution in [3.63, 3.8) is 0 Å². The third-order valence-corrected chi connectivity index (χ3v) is 3.95. The molecule has 0 radical (unpaired) electrons. The van der Waals surface area contributed by atoms with Gasteiger partial charge in [0.1, 0.15) is 12.1 Å². The second-order valence-electron chi connectivity index (χ2n) is 5.89. The topological polar surface area (TPSA) is 52.3 Å². The Bertz CT molecular complexity index is 245. The molecule has 3 nitrogen and oxygen atoms in total. The lowest BCUT2D eigenvalue weighted by molar-refractivity contribution is -0.154. The SMILES string of the molecule is CC[C@H](C)[C@H](N)C(=O)OC1CC(C)CC(C)C1. The molecule has 2 unspecified atom stereocenters. The summed E-state index contributed by atoms with van der Waals surface area (Å²) in [6.07, 6.45) is 4.21. The summed E-state index contributed by atoms with van der Waals surface area (Å²) in [6.45, 7) is 8.50. The highest BCUT2D eigenvalue weighted by atomic mass is 16.5. The van der Waals surface area contributed by atoms with Crippen LogP contribution in [0.3, 0.4) is 0 Å². The van der Waals surface area contributed by atoms with Gasteiger partial charge in [0.05, 0.1) is 0 Å². The Labute approximate surface area is 105 Å². The Balaban J connectivity index is 2.45. The molecule has 1 rings (SSSR count). The summed E-state index contributed by atoms with van der Waals surface area (Å²) in [5.41, 5.74) is 5.88. The lowest BCUT2D eigenvalue weighted by Crippen LogP contribution is -2.41. The van der Waals surface area contributed by atoms with Crippen LogP contribution >= 0.6 is 0 Å². The second-order valence-corrected chi connectivity index (χ2v) is 5.89. The largest absolute Gasteiger partial charge is 0.461 e. The third-order valence-electron chi connectivity index (χ3n) is 3.95. The molecule has 1 aliphatic carbocycles. The fraction of sp³-hybridized carbons (Fsp3) is 0.929. The van der Waals surface area contributed by atoms with Crippen molar-refractivity contribution in [2.75, 3.05) is 0 Å². The summed E-state index contributed by atoms with van der Waals surface area (Å²) in [7, 11) is 0. The van der Waals surface area contributed by atoms with Gasteiger partial charge in [0.2, 0.25) is 0 Å². The minimum Gasteiger partial charge on any atom is -0.461 e. The first-order chi connectivity index (χ1) is 7.93. The van der Waals surface area contributed by atoms with Crippen molar-refractivity contribution in [1.82, 2.24) is 0 Å². The maximum Gasteiger partial charge on any atom is 0.323 e. The minimum atomic E-state index is -0.465. The highest BCUT2D eigenvalue weighted by Crippen LogP contribution is 2.30. The summed E-state index contributed by atoms with van der Waals surface area (Å²) in [5.74, 6) is 1.28. The van der Waals surface area contributed by atoms with Crippen molar-refractivity contribution in [1.29, 1.82) is 0 Å². The van der Waals surface area contributed by atoms with E-state index in [1.54, 1.807) is 0 Å². The number of hydrogen-bond donors (Lipinski definition) is 1. The van der Waals surface area contributed by atoms with Gasteiger partial charge in [-0.05, 0) is 37.0 Å². The molecule has 2 N–H and O–H groups in total. The molecule has 17 heavy (non-hydrogen) atoms. The highest BCUT2D eigenvalue weighted by molar-refractivity contribution is 5.76. The number of ether oxygens (including phenoxy) is 1. The van der Waals surface area contributed by atoms with Crippen molar-refractivity contribution in [2.24, 2.45) is 23.5 Å². The van der Waals surface area contributed by atoms with Crippen LogP contribution in [0.2, 0.25) is 0 Å². The van der Waals surface area contributed by atoms with Crippen LogP contribution in [0.15, 0.2) is 0 Å². The predicted molar refractivity (Wildman–Crippen MR) is 69.5 cm³/mol. The zero-order chi connectivity index (χ0) is 13.0. The molecule has 0 aromatic carbocycles. The zero-order valence-electron chi connectivity index (χ0n) is 11.6. The van der Waals surface area contributed by atoms with E-state index in [1.165, 1.54) is 6.42 Å². The van der Waals surface area contributed by atoms with Crippen LogP contribution in [0, 0.1) is 17.8 Å². The van der Waals surface area contributed by atoms with Crippen LogP contribution in [0.4, 0.5) is 0 Å². The van der Waals surface area contributed by atoms with Crippen molar-refractivity contribution in [3.8, 4) is 0 Å². The van der Waals surface area contributed by atoms with Gasteiger partial charge in [-0.15, -0.1) is 0 Å². The quantitative estimate of drug-likeness (QED) is 0.770. The van der Waals surface area contributed by atoms with E-state index in [2.05, 4.69) is 13.8 Å². The van der Waals surface area contributed by atoms with E-state index in [0.29, 0.717) is 11.8 Å². The first kappa shape index (κ1) is 14.5. The second kappa shape index (κ2) is 6.39. The van der Waals surface area contributed by atoms with Crippen molar-refractivity contribution in [2.45, 2.75) is 65.5 Å². The summed E-state index contributed by atoms with van der Waals surface area (Å²) in [4.78, 5) is 11.9. The van der Waals surface area contributed by atoms with Crippen molar-refractivity contribution >= 4 is 5.97 Å². The van der Waals surface area contributed by atoms with Gasteiger partial charge < -0.3 is 10.5 Å². The number of carbonyl (C=O) groups excluding carboxylic acids is 1. The zero-order valence-corrected chi connectivity index (χ0v) is 11.6. The normalized spacial score (nSPS) is 32.9. The average Bonchev–Trinajstić information content (AvgIpc) is 2.25. The molecule has 4 atom stereocenters. The lowest BCUT2D eigenvalue weighted by atomic mass is 9.82. The molecule has 0 heterocycles. The molecule has 1 aliphatic rings. The van der Waals surface area contributed by atoms with Gasteiger partial charge >= 0.3 is 5.97 Å². The Kier molecular flexibility index (Phi) is 5.44. The summed E-state index contributed by atoms with van der Waals surface area (Å²) in [5, 5.41) is 0. The molecule has 0 aromatic heterocycles. The number of nitrogens with two attached hydrogens (primary N) is 1. The molecule has 0 spiro atoms. The molecule has 100 valence electrons. The van der Waals surface area contributed by atoms with Crippen LogP contribution in [0.25, 0.3) is 0 Å². The number of esters is 1. The van der Waals surface area contributed by atoms with Gasteiger partial charge in [-0.3, -0.25) is 4.79 Å². The summed E-state index contributed by atoms with van der Waals surface area (Å²) in [6, 6.07) is -0.465. The minimum absolute atomic E-state index is 0.0800. The Morgan fingerprint density at radius 1 is 1.29 bits per heavy atom. The fourth-order valence-electron chi connectivity index (χ4n) is 2.70. The molecule has 0 amide bonds. The maximum atomic E-state index is 11.9. The summed E-state index contributed by atoms with van der Waals surface area (Å²) >= 11 is 0.